The van der Waals surface area contributed by atoms with Crippen LogP contribution in [0.5, 0.6) is 11.6 Å². The highest BCUT2D eigenvalue weighted by atomic mass is 16.5. The van der Waals surface area contributed by atoms with Crippen LogP contribution in [0.3, 0.4) is 0 Å². The fourth-order valence-electron chi connectivity index (χ4n) is 4.82. The van der Waals surface area contributed by atoms with E-state index in [1.54, 1.807) is 60.9 Å². The van der Waals surface area contributed by atoms with E-state index in [2.05, 4.69) is 47.0 Å². The lowest BCUT2D eigenvalue weighted by molar-refractivity contribution is 0.0953. The number of benzene rings is 1. The van der Waals surface area contributed by atoms with Crippen molar-refractivity contribution >= 4 is 23.1 Å². The molecule has 1 saturated heterocycles. The van der Waals surface area contributed by atoms with Gasteiger partial charge in [-0.2, -0.15) is 10.1 Å². The molecule has 8 N–H and O–H groups in total. The number of aromatic nitrogens is 5. The summed E-state index contributed by atoms with van der Waals surface area (Å²) in [6.07, 6.45) is 5.82. The first kappa shape index (κ1) is 30.5. The molecule has 3 aromatic heterocycles. The van der Waals surface area contributed by atoms with Crippen molar-refractivity contribution in [3.05, 3.63) is 89.5 Å². The van der Waals surface area contributed by atoms with E-state index in [1.165, 1.54) is 4.52 Å². The van der Waals surface area contributed by atoms with Crippen LogP contribution < -0.4 is 32.2 Å². The molecule has 0 aliphatic carbocycles. The lowest BCUT2D eigenvalue weighted by Crippen LogP contribution is -2.33. The van der Waals surface area contributed by atoms with E-state index in [4.69, 9.17) is 21.9 Å². The van der Waals surface area contributed by atoms with Crippen LogP contribution in [0.25, 0.3) is 11.3 Å². The minimum atomic E-state index is -0.364. The third-order valence-corrected chi connectivity index (χ3v) is 6.95. The summed E-state index contributed by atoms with van der Waals surface area (Å²) < 4.78 is 7.23. The van der Waals surface area contributed by atoms with Crippen molar-refractivity contribution in [1.82, 2.24) is 34.8 Å². The first-order chi connectivity index (χ1) is 21.8. The molecule has 1 aromatic carbocycles. The fourth-order valence-corrected chi connectivity index (χ4v) is 4.82. The molecule has 0 radical (unpaired) electrons. The average Bonchev–Trinajstić information content (AvgIpc) is 3.32. The molecule has 0 unspecified atom stereocenters. The van der Waals surface area contributed by atoms with Crippen molar-refractivity contribution in [1.29, 1.82) is 0 Å². The van der Waals surface area contributed by atoms with E-state index in [0.29, 0.717) is 67.1 Å². The van der Waals surface area contributed by atoms with Gasteiger partial charge in [-0.05, 0) is 43.5 Å². The molecule has 1 aliphatic heterocycles. The first-order valence-electron chi connectivity index (χ1n) is 14.4. The zero-order valence-corrected chi connectivity index (χ0v) is 24.8. The number of aromatic hydroxyl groups is 1. The predicted molar refractivity (Wildman–Crippen MR) is 169 cm³/mol. The van der Waals surface area contributed by atoms with Gasteiger partial charge in [0.05, 0.1) is 18.8 Å². The standard InChI is InChI=1S/C31H35N11O3/c1-2-45-29-20-28(37-26(38-29)10-5-11-36-31(44)23-19-27-35-12-6-15-42(27)39-23)41-14-7-13-40(16-17-41)24(30(33)34)18-22(32)21-8-3-4-9-25(21)43/h3-4,6,8-9,12,15,18-20,43H,2,7,11,13-14,16-17,32-34H2,1H3,(H,36,44)/b22-18-. The summed E-state index contributed by atoms with van der Waals surface area (Å²) in [5, 5.41) is 17.2. The maximum absolute atomic E-state index is 12.5. The van der Waals surface area contributed by atoms with Gasteiger partial charge in [-0.25, -0.2) is 14.5 Å². The molecule has 14 heteroatoms. The van der Waals surface area contributed by atoms with Gasteiger partial charge in [-0.3, -0.25) is 4.79 Å². The topological polar surface area (TPSA) is 199 Å². The third kappa shape index (κ3) is 7.52. The highest BCUT2D eigenvalue weighted by Gasteiger charge is 2.20. The Morgan fingerprint density at radius 2 is 1.96 bits per heavy atom. The second kappa shape index (κ2) is 14.0. The van der Waals surface area contributed by atoms with Crippen LogP contribution in [0.15, 0.2) is 72.5 Å². The Morgan fingerprint density at radius 1 is 1.11 bits per heavy atom. The number of ether oxygens (including phenoxy) is 1. The number of carbonyl (C=O) groups excluding carboxylic acids is 1. The van der Waals surface area contributed by atoms with Gasteiger partial charge in [0.2, 0.25) is 11.7 Å². The number of para-hydroxylation sites is 1. The minimum absolute atomic E-state index is 0.0720. The Balaban J connectivity index is 1.27. The van der Waals surface area contributed by atoms with Crippen molar-refractivity contribution in [3.63, 3.8) is 0 Å². The van der Waals surface area contributed by atoms with Gasteiger partial charge >= 0.3 is 0 Å². The number of rotatable bonds is 8. The van der Waals surface area contributed by atoms with Crippen LogP contribution in [0, 0.1) is 11.8 Å². The maximum atomic E-state index is 12.5. The summed E-state index contributed by atoms with van der Waals surface area (Å²) in [4.78, 5) is 30.0. The highest BCUT2D eigenvalue weighted by molar-refractivity contribution is 5.93. The van der Waals surface area contributed by atoms with Crippen LogP contribution in [-0.4, -0.2) is 79.8 Å². The van der Waals surface area contributed by atoms with Crippen molar-refractivity contribution in [3.8, 4) is 23.5 Å². The van der Waals surface area contributed by atoms with Crippen LogP contribution in [0.1, 0.15) is 35.2 Å². The number of fused-ring (bicyclic) bond motifs is 1. The summed E-state index contributed by atoms with van der Waals surface area (Å²) >= 11 is 0. The molecule has 5 rings (SSSR count). The molecule has 0 bridgehead atoms. The Bertz CT molecular complexity index is 1770. The normalized spacial score (nSPS) is 13.5. The van der Waals surface area contributed by atoms with Crippen molar-refractivity contribution in [2.24, 2.45) is 17.2 Å². The number of carbonyl (C=O) groups is 1. The Kier molecular flexibility index (Phi) is 9.49. The monoisotopic (exact) mass is 609 g/mol. The van der Waals surface area contributed by atoms with E-state index in [1.807, 2.05) is 6.92 Å². The van der Waals surface area contributed by atoms with Crippen molar-refractivity contribution in [2.75, 3.05) is 44.2 Å². The van der Waals surface area contributed by atoms with E-state index < -0.39 is 0 Å². The summed E-state index contributed by atoms with van der Waals surface area (Å²) in [6.45, 7) is 4.93. The zero-order chi connectivity index (χ0) is 31.8. The Labute approximate surface area is 260 Å². The highest BCUT2D eigenvalue weighted by Crippen LogP contribution is 2.25. The molecule has 45 heavy (non-hydrogen) atoms. The Morgan fingerprint density at radius 3 is 2.73 bits per heavy atom. The second-order valence-electron chi connectivity index (χ2n) is 10.0. The molecule has 14 nitrogen and oxygen atoms in total. The molecular formula is C31H35N11O3. The van der Waals surface area contributed by atoms with Crippen LogP contribution in [0.2, 0.25) is 0 Å². The molecular weight excluding hydrogens is 574 g/mol. The number of nitrogens with one attached hydrogen (secondary N) is 1. The number of phenols is 1. The average molecular weight is 610 g/mol. The summed E-state index contributed by atoms with van der Waals surface area (Å²) in [5.41, 5.74) is 20.7. The maximum Gasteiger partial charge on any atom is 0.272 e. The number of hydrogen-bond acceptors (Lipinski definition) is 12. The van der Waals surface area contributed by atoms with Gasteiger partial charge in [-0.1, -0.05) is 18.1 Å². The van der Waals surface area contributed by atoms with E-state index in [0.717, 1.165) is 6.42 Å². The minimum Gasteiger partial charge on any atom is -0.507 e. The first-order valence-corrected chi connectivity index (χ1v) is 14.4. The zero-order valence-electron chi connectivity index (χ0n) is 24.8. The smallest absolute Gasteiger partial charge is 0.272 e. The van der Waals surface area contributed by atoms with E-state index in [-0.39, 0.29) is 35.5 Å². The molecule has 4 heterocycles. The number of allylic oxidation sites excluding steroid dienone is 1. The van der Waals surface area contributed by atoms with Crippen molar-refractivity contribution < 1.29 is 14.6 Å². The van der Waals surface area contributed by atoms with Crippen LogP contribution >= 0.6 is 0 Å². The largest absolute Gasteiger partial charge is 0.507 e. The van der Waals surface area contributed by atoms with Gasteiger partial charge in [0, 0.05) is 62.0 Å². The summed E-state index contributed by atoms with van der Waals surface area (Å²) in [7, 11) is 0. The van der Waals surface area contributed by atoms with Crippen LogP contribution in [0.4, 0.5) is 5.82 Å². The van der Waals surface area contributed by atoms with Gasteiger partial charge in [0.1, 0.15) is 17.4 Å². The quantitative estimate of drug-likeness (QED) is 0.140. The summed E-state index contributed by atoms with van der Waals surface area (Å²) in [6, 6.07) is 11.9. The van der Waals surface area contributed by atoms with Gasteiger partial charge < -0.3 is 42.2 Å². The number of anilines is 1. The molecule has 0 atom stereocenters. The number of amides is 1. The fraction of sp³-hybridized carbons (Fsp3) is 0.258. The number of hydrogen-bond donors (Lipinski definition) is 5. The number of nitrogens with zero attached hydrogens (tertiary/aromatic N) is 7. The van der Waals surface area contributed by atoms with Gasteiger partial charge in [-0.15, -0.1) is 0 Å². The molecule has 0 spiro atoms. The molecule has 1 aliphatic rings. The van der Waals surface area contributed by atoms with E-state index in [9.17, 15) is 9.90 Å². The molecule has 1 amide bonds. The SMILES string of the molecule is CCOc1cc(N2CCCN(C(/C=C(\N)c3ccccc3O)=C(N)N)CC2)nc(C#CCNC(=O)c2cc3ncccn3n2)n1. The molecule has 1 fully saturated rings. The van der Waals surface area contributed by atoms with Crippen molar-refractivity contribution in [2.45, 2.75) is 13.3 Å². The molecule has 0 saturated carbocycles. The van der Waals surface area contributed by atoms with Crippen LogP contribution in [-0.2, 0) is 0 Å². The third-order valence-electron chi connectivity index (χ3n) is 6.95. The number of nitrogens with two attached hydrogens (primary N) is 3. The molecule has 4 aromatic rings. The summed E-state index contributed by atoms with van der Waals surface area (Å²) in [5.74, 6) is 7.01. The lowest BCUT2D eigenvalue weighted by atomic mass is 10.1. The molecule has 232 valence electrons. The lowest BCUT2D eigenvalue weighted by Gasteiger charge is -2.26. The van der Waals surface area contributed by atoms with E-state index >= 15 is 0 Å². The number of phenolic OH excluding ortho intramolecular Hbond substituents is 1. The second-order valence-corrected chi connectivity index (χ2v) is 10.0. The Hall–Kier alpha value is -5.97. The van der Waals surface area contributed by atoms with Gasteiger partial charge in [0.15, 0.2) is 11.3 Å². The predicted octanol–water partition coefficient (Wildman–Crippen LogP) is 1.00. The van der Waals surface area contributed by atoms with Gasteiger partial charge in [0.25, 0.3) is 5.91 Å².